The van der Waals surface area contributed by atoms with Crippen molar-refractivity contribution in [3.63, 3.8) is 0 Å². The number of thiazole rings is 1. The van der Waals surface area contributed by atoms with Gasteiger partial charge in [0.15, 0.2) is 4.96 Å². The van der Waals surface area contributed by atoms with Gasteiger partial charge in [-0.25, -0.2) is 4.98 Å². The number of rotatable bonds is 4. The summed E-state index contributed by atoms with van der Waals surface area (Å²) >= 11 is 3.76. The van der Waals surface area contributed by atoms with Crippen molar-refractivity contribution in [3.05, 3.63) is 23.5 Å². The largest absolute Gasteiger partial charge is 0.327 e. The number of thioether (sulfide) groups is 1. The van der Waals surface area contributed by atoms with Crippen LogP contribution in [0.25, 0.3) is 4.96 Å². The fourth-order valence-corrected chi connectivity index (χ4v) is 4.56. The average molecular weight is 281 g/mol. The van der Waals surface area contributed by atoms with Crippen molar-refractivity contribution in [2.75, 3.05) is 11.5 Å². The summed E-state index contributed by atoms with van der Waals surface area (Å²) in [6.45, 7) is 0. The molecule has 5 heteroatoms. The van der Waals surface area contributed by atoms with Crippen LogP contribution in [0.4, 0.5) is 0 Å². The van der Waals surface area contributed by atoms with Crippen LogP contribution in [-0.2, 0) is 6.42 Å². The Morgan fingerprint density at radius 2 is 2.28 bits per heavy atom. The second-order valence-corrected chi connectivity index (χ2v) is 7.18. The van der Waals surface area contributed by atoms with Crippen LogP contribution < -0.4 is 5.73 Å². The first-order chi connectivity index (χ1) is 8.81. The zero-order chi connectivity index (χ0) is 12.4. The molecule has 1 unspecified atom stereocenters. The quantitative estimate of drug-likeness (QED) is 0.937. The zero-order valence-corrected chi connectivity index (χ0v) is 12.1. The summed E-state index contributed by atoms with van der Waals surface area (Å²) in [4.78, 5) is 5.68. The topological polar surface area (TPSA) is 43.3 Å². The number of aromatic nitrogens is 2. The van der Waals surface area contributed by atoms with Gasteiger partial charge in [-0.05, 0) is 36.7 Å². The van der Waals surface area contributed by atoms with Crippen molar-refractivity contribution in [2.24, 2.45) is 11.7 Å². The van der Waals surface area contributed by atoms with E-state index in [2.05, 4.69) is 38.9 Å². The van der Waals surface area contributed by atoms with E-state index in [-0.39, 0.29) is 6.04 Å². The average Bonchev–Trinajstić information content (AvgIpc) is 2.90. The van der Waals surface area contributed by atoms with Crippen molar-refractivity contribution in [3.8, 4) is 0 Å². The number of imidazole rings is 1. The van der Waals surface area contributed by atoms with E-state index in [1.54, 1.807) is 11.3 Å². The van der Waals surface area contributed by atoms with Crippen LogP contribution in [0, 0.1) is 5.92 Å². The predicted octanol–water partition coefficient (Wildman–Crippen LogP) is 2.80. The SMILES string of the molecule is NC(Cc1cn2ccsc2n1)CC1CCSCC1. The summed E-state index contributed by atoms with van der Waals surface area (Å²) in [5.41, 5.74) is 7.41. The molecule has 98 valence electrons. The third kappa shape index (κ3) is 2.90. The number of fused-ring (bicyclic) bond motifs is 1. The Morgan fingerprint density at radius 1 is 1.44 bits per heavy atom. The minimum Gasteiger partial charge on any atom is -0.327 e. The standard InChI is InChI=1S/C13H19N3S2/c14-11(7-10-1-4-17-5-2-10)8-12-9-16-3-6-18-13(16)15-12/h3,6,9-11H,1-2,4-5,7-8,14H2. The molecular formula is C13H19N3S2. The summed E-state index contributed by atoms with van der Waals surface area (Å²) in [7, 11) is 0. The molecule has 1 aliphatic heterocycles. The third-order valence-corrected chi connectivity index (χ3v) is 5.41. The molecule has 1 saturated heterocycles. The molecule has 0 spiro atoms. The van der Waals surface area contributed by atoms with Gasteiger partial charge in [0, 0.05) is 30.2 Å². The van der Waals surface area contributed by atoms with Gasteiger partial charge < -0.3 is 5.73 Å². The molecule has 1 atom stereocenters. The predicted molar refractivity (Wildman–Crippen MR) is 79.4 cm³/mol. The van der Waals surface area contributed by atoms with Crippen LogP contribution in [0.5, 0.6) is 0 Å². The molecule has 0 amide bonds. The highest BCUT2D eigenvalue weighted by atomic mass is 32.2. The highest BCUT2D eigenvalue weighted by Crippen LogP contribution is 2.26. The first-order valence-corrected chi connectivity index (χ1v) is 8.59. The minimum absolute atomic E-state index is 0.266. The van der Waals surface area contributed by atoms with E-state index in [0.717, 1.165) is 29.4 Å². The lowest BCUT2D eigenvalue weighted by Gasteiger charge is -2.23. The maximum absolute atomic E-state index is 6.27. The van der Waals surface area contributed by atoms with E-state index in [9.17, 15) is 0 Å². The van der Waals surface area contributed by atoms with Gasteiger partial charge in [-0.15, -0.1) is 11.3 Å². The number of hydrogen-bond acceptors (Lipinski definition) is 4. The zero-order valence-electron chi connectivity index (χ0n) is 10.4. The molecule has 18 heavy (non-hydrogen) atoms. The van der Waals surface area contributed by atoms with Gasteiger partial charge in [0.1, 0.15) is 0 Å². The highest BCUT2D eigenvalue weighted by molar-refractivity contribution is 7.99. The summed E-state index contributed by atoms with van der Waals surface area (Å²) in [6, 6.07) is 0.266. The van der Waals surface area contributed by atoms with Gasteiger partial charge in [0.05, 0.1) is 5.69 Å². The molecule has 0 aliphatic carbocycles. The normalized spacial score (nSPS) is 19.4. The maximum Gasteiger partial charge on any atom is 0.193 e. The van der Waals surface area contributed by atoms with E-state index in [1.165, 1.54) is 24.3 Å². The number of nitrogens with two attached hydrogens (primary N) is 1. The minimum atomic E-state index is 0.266. The van der Waals surface area contributed by atoms with Crippen LogP contribution >= 0.6 is 23.1 Å². The molecule has 0 bridgehead atoms. The highest BCUT2D eigenvalue weighted by Gasteiger charge is 2.18. The summed E-state index contributed by atoms with van der Waals surface area (Å²) < 4.78 is 2.09. The molecular weight excluding hydrogens is 262 g/mol. The summed E-state index contributed by atoms with van der Waals surface area (Å²) in [6.07, 6.45) is 8.93. The molecule has 0 aromatic carbocycles. The first-order valence-electron chi connectivity index (χ1n) is 6.55. The Labute approximate surface area is 116 Å². The fraction of sp³-hybridized carbons (Fsp3) is 0.615. The van der Waals surface area contributed by atoms with Gasteiger partial charge in [-0.3, -0.25) is 4.40 Å². The van der Waals surface area contributed by atoms with E-state index < -0.39 is 0 Å². The van der Waals surface area contributed by atoms with E-state index in [4.69, 9.17) is 5.73 Å². The Hall–Kier alpha value is -0.520. The molecule has 2 aromatic heterocycles. The van der Waals surface area contributed by atoms with Crippen LogP contribution in [0.1, 0.15) is 25.0 Å². The van der Waals surface area contributed by atoms with Gasteiger partial charge in [0.2, 0.25) is 0 Å². The van der Waals surface area contributed by atoms with Gasteiger partial charge in [0.25, 0.3) is 0 Å². The van der Waals surface area contributed by atoms with Crippen LogP contribution in [0.3, 0.4) is 0 Å². The maximum atomic E-state index is 6.27. The van der Waals surface area contributed by atoms with E-state index in [0.29, 0.717) is 0 Å². The van der Waals surface area contributed by atoms with Crippen molar-refractivity contribution in [1.82, 2.24) is 9.38 Å². The monoisotopic (exact) mass is 281 g/mol. The summed E-state index contributed by atoms with van der Waals surface area (Å²) in [5.74, 6) is 3.47. The molecule has 0 radical (unpaired) electrons. The van der Waals surface area contributed by atoms with Crippen LogP contribution in [0.2, 0.25) is 0 Å². The molecule has 3 nitrogen and oxygen atoms in total. The Bertz CT molecular complexity index is 471. The van der Waals surface area contributed by atoms with Crippen LogP contribution in [-0.4, -0.2) is 26.9 Å². The molecule has 0 saturated carbocycles. The Morgan fingerprint density at radius 3 is 3.06 bits per heavy atom. The van der Waals surface area contributed by atoms with Gasteiger partial charge in [-0.2, -0.15) is 11.8 Å². The van der Waals surface area contributed by atoms with Crippen molar-refractivity contribution in [2.45, 2.75) is 31.7 Å². The van der Waals surface area contributed by atoms with Crippen molar-refractivity contribution < 1.29 is 0 Å². The van der Waals surface area contributed by atoms with E-state index in [1.807, 2.05) is 0 Å². The van der Waals surface area contributed by atoms with E-state index >= 15 is 0 Å². The smallest absolute Gasteiger partial charge is 0.193 e. The molecule has 1 aliphatic rings. The molecule has 2 aromatic rings. The first kappa shape index (κ1) is 12.5. The van der Waals surface area contributed by atoms with Crippen LogP contribution in [0.15, 0.2) is 17.8 Å². The lowest BCUT2D eigenvalue weighted by atomic mass is 9.93. The lowest BCUT2D eigenvalue weighted by Crippen LogP contribution is -2.27. The Balaban J connectivity index is 1.56. The second kappa shape index (κ2) is 5.63. The number of hydrogen-bond donors (Lipinski definition) is 1. The van der Waals surface area contributed by atoms with Crippen molar-refractivity contribution in [1.29, 1.82) is 0 Å². The lowest BCUT2D eigenvalue weighted by molar-refractivity contribution is 0.405. The summed E-state index contributed by atoms with van der Waals surface area (Å²) in [5, 5.41) is 2.06. The Kier molecular flexibility index (Phi) is 3.91. The van der Waals surface area contributed by atoms with Gasteiger partial charge in [-0.1, -0.05) is 0 Å². The fourth-order valence-electron chi connectivity index (χ4n) is 2.64. The second-order valence-electron chi connectivity index (χ2n) is 5.08. The molecule has 3 rings (SSSR count). The van der Waals surface area contributed by atoms with Crippen molar-refractivity contribution >= 4 is 28.1 Å². The molecule has 1 fully saturated rings. The molecule has 2 N–H and O–H groups in total. The molecule has 3 heterocycles. The van der Waals surface area contributed by atoms with Gasteiger partial charge >= 0.3 is 0 Å². The number of nitrogens with zero attached hydrogens (tertiary/aromatic N) is 2. The third-order valence-electron chi connectivity index (χ3n) is 3.59.